The molecule has 1 saturated heterocycles. The zero-order valence-corrected chi connectivity index (χ0v) is 12.6. The maximum Gasteiger partial charge on any atom is 0.432 e. The van der Waals surface area contributed by atoms with Gasteiger partial charge in [-0.1, -0.05) is 12.1 Å². The number of benzene rings is 1. The molecule has 1 N–H and O–H groups in total. The fraction of sp³-hybridized carbons (Fsp3) is 0.375. The molecule has 2 heterocycles. The molecule has 1 aromatic heterocycles. The topological polar surface area (TPSA) is 49.0 Å². The molecule has 2 aromatic rings. The summed E-state index contributed by atoms with van der Waals surface area (Å²) in [5, 5.41) is 0. The van der Waals surface area contributed by atoms with Gasteiger partial charge < -0.3 is 9.88 Å². The molecule has 128 valence electrons. The molecule has 1 fully saturated rings. The van der Waals surface area contributed by atoms with Gasteiger partial charge in [-0.25, -0.2) is 9.37 Å². The van der Waals surface area contributed by atoms with Gasteiger partial charge >= 0.3 is 6.18 Å². The monoisotopic (exact) mass is 341 g/mol. The molecule has 0 radical (unpaired) electrons. The maximum absolute atomic E-state index is 13.8. The molecule has 0 unspecified atom stereocenters. The third-order valence-electron chi connectivity index (χ3n) is 4.10. The zero-order valence-electron chi connectivity index (χ0n) is 12.6. The molecule has 1 amide bonds. The Morgan fingerprint density at radius 2 is 2.04 bits per heavy atom. The van der Waals surface area contributed by atoms with Gasteiger partial charge in [0, 0.05) is 19.0 Å². The molecule has 1 atom stereocenters. The fourth-order valence-electron chi connectivity index (χ4n) is 2.88. The van der Waals surface area contributed by atoms with Crippen LogP contribution < -0.4 is 0 Å². The van der Waals surface area contributed by atoms with Gasteiger partial charge in [0.15, 0.2) is 0 Å². The van der Waals surface area contributed by atoms with Gasteiger partial charge in [-0.05, 0) is 25.0 Å². The number of rotatable bonds is 2. The van der Waals surface area contributed by atoms with E-state index in [4.69, 9.17) is 0 Å². The van der Waals surface area contributed by atoms with E-state index in [-0.39, 0.29) is 23.9 Å². The van der Waals surface area contributed by atoms with Crippen molar-refractivity contribution in [2.75, 3.05) is 13.1 Å². The molecule has 1 aromatic carbocycles. The molecule has 1 aliphatic rings. The van der Waals surface area contributed by atoms with E-state index < -0.39 is 23.6 Å². The van der Waals surface area contributed by atoms with E-state index in [1.165, 1.54) is 23.1 Å². The van der Waals surface area contributed by atoms with E-state index in [0.29, 0.717) is 19.4 Å². The fourth-order valence-corrected chi connectivity index (χ4v) is 2.88. The van der Waals surface area contributed by atoms with Crippen LogP contribution in [-0.2, 0) is 6.18 Å². The Bertz CT molecular complexity index is 741. The predicted molar refractivity (Wildman–Crippen MR) is 77.9 cm³/mol. The lowest BCUT2D eigenvalue weighted by atomic mass is 9.96. The summed E-state index contributed by atoms with van der Waals surface area (Å²) < 4.78 is 51.7. The van der Waals surface area contributed by atoms with Crippen molar-refractivity contribution in [1.29, 1.82) is 0 Å². The van der Waals surface area contributed by atoms with E-state index in [9.17, 15) is 22.4 Å². The Hall–Kier alpha value is -2.38. The first-order chi connectivity index (χ1) is 11.4. The first-order valence-corrected chi connectivity index (χ1v) is 7.52. The lowest BCUT2D eigenvalue weighted by molar-refractivity contribution is -0.141. The van der Waals surface area contributed by atoms with Crippen molar-refractivity contribution in [2.45, 2.75) is 24.9 Å². The molecule has 0 bridgehead atoms. The second-order valence-electron chi connectivity index (χ2n) is 5.75. The summed E-state index contributed by atoms with van der Waals surface area (Å²) in [5.74, 6) is -1.19. The highest BCUT2D eigenvalue weighted by atomic mass is 19.4. The number of carbonyl (C=O) groups is 1. The van der Waals surface area contributed by atoms with Crippen LogP contribution in [0, 0.1) is 5.82 Å². The van der Waals surface area contributed by atoms with Crippen LogP contribution >= 0.6 is 0 Å². The number of hydrogen-bond acceptors (Lipinski definition) is 2. The van der Waals surface area contributed by atoms with Crippen LogP contribution in [0.2, 0.25) is 0 Å². The average Bonchev–Trinajstić information content (AvgIpc) is 3.05. The number of aromatic amines is 1. The Morgan fingerprint density at radius 1 is 1.29 bits per heavy atom. The number of alkyl halides is 3. The summed E-state index contributed by atoms with van der Waals surface area (Å²) in [4.78, 5) is 20.0. The van der Waals surface area contributed by atoms with E-state index in [1.54, 1.807) is 6.07 Å². The standard InChI is InChI=1S/C16H15F4N3O/c17-12-6-2-1-5-11(12)15(24)23-7-3-4-10(9-23)14-21-8-13(22-14)16(18,19)20/h1-2,5-6,8,10H,3-4,7,9H2,(H,21,22)/t10-/m1/s1. The highest BCUT2D eigenvalue weighted by molar-refractivity contribution is 5.94. The van der Waals surface area contributed by atoms with Crippen molar-refractivity contribution in [1.82, 2.24) is 14.9 Å². The van der Waals surface area contributed by atoms with Crippen LogP contribution in [0.4, 0.5) is 17.6 Å². The van der Waals surface area contributed by atoms with Crippen molar-refractivity contribution < 1.29 is 22.4 Å². The first kappa shape index (κ1) is 16.5. The summed E-state index contributed by atoms with van der Waals surface area (Å²) in [7, 11) is 0. The summed E-state index contributed by atoms with van der Waals surface area (Å²) in [6, 6.07) is 5.67. The van der Waals surface area contributed by atoms with Crippen molar-refractivity contribution in [2.24, 2.45) is 0 Å². The number of imidazole rings is 1. The average molecular weight is 341 g/mol. The second kappa shape index (κ2) is 6.26. The van der Waals surface area contributed by atoms with E-state index in [1.807, 2.05) is 0 Å². The number of hydrogen-bond donors (Lipinski definition) is 1. The summed E-state index contributed by atoms with van der Waals surface area (Å²) >= 11 is 0. The van der Waals surface area contributed by atoms with Gasteiger partial charge in [0.05, 0.1) is 11.8 Å². The van der Waals surface area contributed by atoms with Crippen molar-refractivity contribution in [3.8, 4) is 0 Å². The molecule has 8 heteroatoms. The lowest BCUT2D eigenvalue weighted by Gasteiger charge is -2.32. The zero-order chi connectivity index (χ0) is 17.3. The first-order valence-electron chi connectivity index (χ1n) is 7.52. The Labute approximate surface area is 135 Å². The van der Waals surface area contributed by atoms with Crippen molar-refractivity contribution in [3.63, 3.8) is 0 Å². The summed E-state index contributed by atoms with van der Waals surface area (Å²) in [6.45, 7) is 0.647. The maximum atomic E-state index is 13.8. The SMILES string of the molecule is O=C(c1ccccc1F)N1CCC[C@@H](c2ncc(C(F)(F)F)[nH]2)C1. The lowest BCUT2D eigenvalue weighted by Crippen LogP contribution is -2.39. The van der Waals surface area contributed by atoms with Crippen LogP contribution in [0.15, 0.2) is 30.5 Å². The van der Waals surface area contributed by atoms with Gasteiger partial charge in [-0.15, -0.1) is 0 Å². The molecular formula is C16H15F4N3O. The number of H-pyrrole nitrogens is 1. The van der Waals surface area contributed by atoms with Gasteiger partial charge in [-0.3, -0.25) is 4.79 Å². The highest BCUT2D eigenvalue weighted by Gasteiger charge is 2.35. The Balaban J connectivity index is 1.76. The molecule has 0 saturated carbocycles. The number of carbonyl (C=O) groups excluding carboxylic acids is 1. The number of amides is 1. The number of piperidine rings is 1. The van der Waals surface area contributed by atoms with Crippen LogP contribution in [0.5, 0.6) is 0 Å². The van der Waals surface area contributed by atoms with Crippen molar-refractivity contribution in [3.05, 3.63) is 53.4 Å². The number of aromatic nitrogens is 2. The largest absolute Gasteiger partial charge is 0.432 e. The van der Waals surface area contributed by atoms with E-state index >= 15 is 0 Å². The van der Waals surface area contributed by atoms with Gasteiger partial charge in [0.2, 0.25) is 0 Å². The second-order valence-corrected chi connectivity index (χ2v) is 5.75. The highest BCUT2D eigenvalue weighted by Crippen LogP contribution is 2.31. The number of halogens is 4. The van der Waals surface area contributed by atoms with Gasteiger partial charge in [0.1, 0.15) is 17.3 Å². The van der Waals surface area contributed by atoms with Crippen LogP contribution in [-0.4, -0.2) is 33.9 Å². The minimum Gasteiger partial charge on any atom is -0.338 e. The minimum atomic E-state index is -4.48. The molecule has 1 aliphatic heterocycles. The molecule has 0 spiro atoms. The third kappa shape index (κ3) is 3.27. The number of likely N-dealkylation sites (tertiary alicyclic amines) is 1. The molecule has 4 nitrogen and oxygen atoms in total. The Kier molecular flexibility index (Phi) is 4.29. The number of nitrogens with zero attached hydrogens (tertiary/aromatic N) is 2. The summed E-state index contributed by atoms with van der Waals surface area (Å²) in [6.07, 6.45) is -2.49. The smallest absolute Gasteiger partial charge is 0.338 e. The number of nitrogens with one attached hydrogen (secondary N) is 1. The normalized spacial score (nSPS) is 18.7. The molecule has 3 rings (SSSR count). The van der Waals surface area contributed by atoms with Crippen LogP contribution in [0.1, 0.15) is 40.6 Å². The van der Waals surface area contributed by atoms with Crippen molar-refractivity contribution >= 4 is 5.91 Å². The third-order valence-corrected chi connectivity index (χ3v) is 4.10. The van der Waals surface area contributed by atoms with E-state index in [0.717, 1.165) is 6.20 Å². The Morgan fingerprint density at radius 3 is 2.71 bits per heavy atom. The van der Waals surface area contributed by atoms with Gasteiger partial charge in [0.25, 0.3) is 5.91 Å². The summed E-state index contributed by atoms with van der Waals surface area (Å²) in [5.41, 5.74) is -0.941. The van der Waals surface area contributed by atoms with Crippen LogP contribution in [0.25, 0.3) is 0 Å². The molecular weight excluding hydrogens is 326 g/mol. The molecule has 24 heavy (non-hydrogen) atoms. The quantitative estimate of drug-likeness (QED) is 0.849. The van der Waals surface area contributed by atoms with E-state index in [2.05, 4.69) is 9.97 Å². The predicted octanol–water partition coefficient (Wildman–Crippen LogP) is 3.59. The molecule has 0 aliphatic carbocycles. The minimum absolute atomic E-state index is 0.0337. The van der Waals surface area contributed by atoms with Crippen LogP contribution in [0.3, 0.4) is 0 Å². The van der Waals surface area contributed by atoms with Gasteiger partial charge in [-0.2, -0.15) is 13.2 Å².